The van der Waals surface area contributed by atoms with E-state index in [1.54, 1.807) is 0 Å². The Morgan fingerprint density at radius 2 is 2.06 bits per heavy atom. The molecule has 1 aliphatic carbocycles. The molecule has 0 radical (unpaired) electrons. The van der Waals surface area contributed by atoms with Gasteiger partial charge in [0.1, 0.15) is 0 Å². The van der Waals surface area contributed by atoms with E-state index in [1.807, 2.05) is 6.92 Å². The van der Waals surface area contributed by atoms with Crippen molar-refractivity contribution < 1.29 is 9.59 Å². The molecule has 4 N–H and O–H groups in total. The van der Waals surface area contributed by atoms with E-state index in [9.17, 15) is 9.59 Å². The highest BCUT2D eigenvalue weighted by Gasteiger charge is 2.17. The minimum atomic E-state index is -0.372. The van der Waals surface area contributed by atoms with E-state index in [2.05, 4.69) is 10.6 Å². The number of rotatable bonds is 5. The molecular weight excluding hydrogens is 238 g/mol. The molecule has 98 valence electrons. The van der Waals surface area contributed by atoms with Gasteiger partial charge < -0.3 is 11.1 Å². The third-order valence-electron chi connectivity index (χ3n) is 2.56. The first-order valence-corrected chi connectivity index (χ1v) is 7.17. The highest BCUT2D eigenvalue weighted by molar-refractivity contribution is 8.00. The Morgan fingerprint density at radius 3 is 2.65 bits per heavy atom. The molecule has 1 unspecified atom stereocenters. The molecule has 0 heterocycles. The van der Waals surface area contributed by atoms with Gasteiger partial charge in [-0.05, 0) is 19.8 Å². The number of amides is 3. The van der Waals surface area contributed by atoms with Crippen molar-refractivity contribution in [3.63, 3.8) is 0 Å². The van der Waals surface area contributed by atoms with Crippen LogP contribution in [-0.4, -0.2) is 35.5 Å². The Kier molecular flexibility index (Phi) is 6.36. The summed E-state index contributed by atoms with van der Waals surface area (Å²) >= 11 is 1.44. The van der Waals surface area contributed by atoms with E-state index in [0.29, 0.717) is 0 Å². The Bertz CT molecular complexity index is 265. The molecule has 0 spiro atoms. The van der Waals surface area contributed by atoms with E-state index in [-0.39, 0.29) is 29.8 Å². The number of urea groups is 1. The zero-order valence-corrected chi connectivity index (χ0v) is 11.0. The lowest BCUT2D eigenvalue weighted by Gasteiger charge is -2.12. The van der Waals surface area contributed by atoms with Crippen LogP contribution in [-0.2, 0) is 4.79 Å². The van der Waals surface area contributed by atoms with Gasteiger partial charge in [-0.15, -0.1) is 0 Å². The lowest BCUT2D eigenvalue weighted by Crippen LogP contribution is -2.44. The third-order valence-corrected chi connectivity index (χ3v) is 3.79. The van der Waals surface area contributed by atoms with Crippen LogP contribution >= 0.6 is 11.8 Å². The van der Waals surface area contributed by atoms with Crippen molar-refractivity contribution in [2.24, 2.45) is 5.73 Å². The standard InChI is InChI=1S/C11H21N3O2S/c1-8(12)6-17-7-10(15)14-11(16)13-9-4-2-3-5-9/h8-9H,2-7,12H2,1H3,(H2,13,14,15,16). The third kappa shape index (κ3) is 6.53. The first-order chi connectivity index (χ1) is 8.08. The average Bonchev–Trinajstić information content (AvgIpc) is 2.69. The van der Waals surface area contributed by atoms with Gasteiger partial charge in [0, 0.05) is 17.8 Å². The number of carbonyl (C=O) groups is 2. The topological polar surface area (TPSA) is 84.2 Å². The van der Waals surface area contributed by atoms with Crippen LogP contribution in [0.4, 0.5) is 4.79 Å². The van der Waals surface area contributed by atoms with Crippen molar-refractivity contribution in [2.75, 3.05) is 11.5 Å². The van der Waals surface area contributed by atoms with E-state index in [0.717, 1.165) is 31.4 Å². The van der Waals surface area contributed by atoms with Gasteiger partial charge in [0.15, 0.2) is 0 Å². The summed E-state index contributed by atoms with van der Waals surface area (Å²) < 4.78 is 0. The number of hydrogen-bond acceptors (Lipinski definition) is 4. The second kappa shape index (κ2) is 7.55. The number of thioether (sulfide) groups is 1. The van der Waals surface area contributed by atoms with Gasteiger partial charge in [-0.1, -0.05) is 12.8 Å². The quantitative estimate of drug-likeness (QED) is 0.683. The smallest absolute Gasteiger partial charge is 0.321 e. The van der Waals surface area contributed by atoms with Crippen molar-refractivity contribution in [3.8, 4) is 0 Å². The predicted molar refractivity (Wildman–Crippen MR) is 69.9 cm³/mol. The fourth-order valence-electron chi connectivity index (χ4n) is 1.79. The van der Waals surface area contributed by atoms with E-state index >= 15 is 0 Å². The summed E-state index contributed by atoms with van der Waals surface area (Å²) in [4.78, 5) is 22.8. The molecule has 0 aromatic heterocycles. The molecule has 17 heavy (non-hydrogen) atoms. The van der Waals surface area contributed by atoms with Crippen molar-refractivity contribution in [3.05, 3.63) is 0 Å². The molecule has 1 atom stereocenters. The summed E-state index contributed by atoms with van der Waals surface area (Å²) in [5.41, 5.74) is 5.56. The van der Waals surface area contributed by atoms with Crippen molar-refractivity contribution >= 4 is 23.7 Å². The number of hydrogen-bond donors (Lipinski definition) is 3. The molecule has 3 amide bonds. The molecule has 0 aliphatic heterocycles. The van der Waals surface area contributed by atoms with Crippen molar-refractivity contribution in [1.29, 1.82) is 0 Å². The maximum absolute atomic E-state index is 11.4. The van der Waals surface area contributed by atoms with Crippen LogP contribution in [0, 0.1) is 0 Å². The monoisotopic (exact) mass is 259 g/mol. The first kappa shape index (κ1) is 14.3. The molecule has 5 nitrogen and oxygen atoms in total. The Morgan fingerprint density at radius 1 is 1.41 bits per heavy atom. The fraction of sp³-hybridized carbons (Fsp3) is 0.818. The predicted octanol–water partition coefficient (Wildman–Crippen LogP) is 0.835. The van der Waals surface area contributed by atoms with Crippen LogP contribution in [0.1, 0.15) is 32.6 Å². The lowest BCUT2D eigenvalue weighted by molar-refractivity contribution is -0.117. The van der Waals surface area contributed by atoms with Crippen LogP contribution in [0.25, 0.3) is 0 Å². The highest BCUT2D eigenvalue weighted by Crippen LogP contribution is 2.17. The van der Waals surface area contributed by atoms with Gasteiger partial charge in [0.05, 0.1) is 5.75 Å². The summed E-state index contributed by atoms with van der Waals surface area (Å²) in [7, 11) is 0. The van der Waals surface area contributed by atoms with Gasteiger partial charge in [0.2, 0.25) is 5.91 Å². The average molecular weight is 259 g/mol. The highest BCUT2D eigenvalue weighted by atomic mass is 32.2. The Balaban J connectivity index is 2.10. The summed E-state index contributed by atoms with van der Waals surface area (Å²) in [6.07, 6.45) is 4.34. The molecule has 1 saturated carbocycles. The molecule has 1 rings (SSSR count). The van der Waals surface area contributed by atoms with Crippen LogP contribution in [0.5, 0.6) is 0 Å². The van der Waals surface area contributed by atoms with Gasteiger partial charge in [-0.3, -0.25) is 10.1 Å². The summed E-state index contributed by atoms with van der Waals surface area (Å²) in [6, 6.07) is -0.0667. The molecule has 0 bridgehead atoms. The van der Waals surface area contributed by atoms with Crippen molar-refractivity contribution in [2.45, 2.75) is 44.7 Å². The molecule has 1 aliphatic rings. The maximum atomic E-state index is 11.4. The first-order valence-electron chi connectivity index (χ1n) is 6.01. The van der Waals surface area contributed by atoms with Crippen LogP contribution in [0.2, 0.25) is 0 Å². The molecule has 0 aromatic carbocycles. The van der Waals surface area contributed by atoms with Gasteiger partial charge in [-0.25, -0.2) is 4.79 Å². The molecule has 0 saturated heterocycles. The molecular formula is C11H21N3O2S. The number of carbonyl (C=O) groups excluding carboxylic acids is 2. The number of nitrogens with two attached hydrogens (primary N) is 1. The normalized spacial score (nSPS) is 17.8. The molecule has 6 heteroatoms. The second-order valence-corrected chi connectivity index (χ2v) is 5.53. The Hall–Kier alpha value is -0.750. The van der Waals surface area contributed by atoms with Crippen LogP contribution < -0.4 is 16.4 Å². The second-order valence-electron chi connectivity index (χ2n) is 4.50. The van der Waals surface area contributed by atoms with Gasteiger partial charge in [-0.2, -0.15) is 11.8 Å². The zero-order chi connectivity index (χ0) is 12.7. The minimum Gasteiger partial charge on any atom is -0.335 e. The summed E-state index contributed by atoms with van der Waals surface area (Å²) in [5, 5.41) is 5.13. The SMILES string of the molecule is CC(N)CSCC(=O)NC(=O)NC1CCCC1. The van der Waals surface area contributed by atoms with Gasteiger partial charge >= 0.3 is 6.03 Å². The van der Waals surface area contributed by atoms with Gasteiger partial charge in [0.25, 0.3) is 0 Å². The summed E-state index contributed by atoms with van der Waals surface area (Å²) in [6.45, 7) is 1.89. The number of nitrogens with one attached hydrogen (secondary N) is 2. The van der Waals surface area contributed by atoms with E-state index in [1.165, 1.54) is 11.8 Å². The fourth-order valence-corrected chi connectivity index (χ4v) is 2.54. The summed E-state index contributed by atoms with van der Waals surface area (Å²) in [5.74, 6) is 0.739. The largest absolute Gasteiger partial charge is 0.335 e. The van der Waals surface area contributed by atoms with Crippen molar-refractivity contribution in [1.82, 2.24) is 10.6 Å². The van der Waals surface area contributed by atoms with E-state index < -0.39 is 0 Å². The molecule has 0 aromatic rings. The maximum Gasteiger partial charge on any atom is 0.321 e. The molecule has 1 fully saturated rings. The minimum absolute atomic E-state index is 0.0696. The van der Waals surface area contributed by atoms with Crippen LogP contribution in [0.15, 0.2) is 0 Å². The lowest BCUT2D eigenvalue weighted by atomic mass is 10.2. The zero-order valence-electron chi connectivity index (χ0n) is 10.2. The number of imide groups is 1. The Labute approximate surface area is 106 Å². The van der Waals surface area contributed by atoms with Crippen LogP contribution in [0.3, 0.4) is 0 Å². The van der Waals surface area contributed by atoms with E-state index in [4.69, 9.17) is 5.73 Å².